The maximum absolute atomic E-state index is 13.0. The van der Waals surface area contributed by atoms with Crippen LogP contribution < -0.4 is 0 Å². The van der Waals surface area contributed by atoms with E-state index >= 15 is 0 Å². The number of nitriles is 2. The zero-order valence-electron chi connectivity index (χ0n) is 22.2. The van der Waals surface area contributed by atoms with Gasteiger partial charge in [0.1, 0.15) is 23.3 Å². The topological polar surface area (TPSA) is 100 Å². The zero-order valence-corrected chi connectivity index (χ0v) is 22.2. The number of hydrogen-bond donors (Lipinski definition) is 0. The fourth-order valence-corrected chi connectivity index (χ4v) is 4.27. The molecule has 6 nitrogen and oxygen atoms in total. The maximum atomic E-state index is 13.0. The lowest BCUT2D eigenvalue weighted by Gasteiger charge is -2.13. The Balaban J connectivity index is 1.45. The van der Waals surface area contributed by atoms with Gasteiger partial charge in [-0.05, 0) is 22.3 Å². The van der Waals surface area contributed by atoms with E-state index in [2.05, 4.69) is 0 Å². The summed E-state index contributed by atoms with van der Waals surface area (Å²) in [6.45, 7) is -0.159. The van der Waals surface area contributed by atoms with Crippen LogP contribution in [0.15, 0.2) is 132 Å². The van der Waals surface area contributed by atoms with Crippen molar-refractivity contribution >= 4 is 23.1 Å². The molecule has 6 heteroatoms. The summed E-state index contributed by atoms with van der Waals surface area (Å²) in [6, 6.07) is 40.7. The molecule has 4 aromatic rings. The molecular formula is C35H26N2O4. The van der Waals surface area contributed by atoms with Crippen LogP contribution >= 0.6 is 0 Å². The van der Waals surface area contributed by atoms with E-state index < -0.39 is 11.9 Å². The average molecular weight is 539 g/mol. The lowest BCUT2D eigenvalue weighted by Crippen LogP contribution is -2.14. The van der Waals surface area contributed by atoms with Crippen LogP contribution in [-0.2, 0) is 19.1 Å². The molecule has 4 rings (SSSR count). The highest BCUT2D eigenvalue weighted by atomic mass is 16.5. The Morgan fingerprint density at radius 1 is 0.488 bits per heavy atom. The Morgan fingerprint density at radius 3 is 1.00 bits per heavy atom. The molecule has 0 N–H and O–H groups in total. The first-order valence-electron chi connectivity index (χ1n) is 13.0. The standard InChI is InChI=1S/C35H26N2O4/c36-24-30(32(26-14-5-1-6-15-26)27-16-7-2-8-17-27)34(38)40-22-13-23-41-35(39)31(25-37)33(28-18-9-3-10-19-28)29-20-11-4-12-21-29/h1-12,14-21H,13,22-23H2. The summed E-state index contributed by atoms with van der Waals surface area (Å²) in [6.07, 6.45) is 0.187. The molecule has 0 radical (unpaired) electrons. The van der Waals surface area contributed by atoms with E-state index in [1.165, 1.54) is 0 Å². The second-order valence-electron chi connectivity index (χ2n) is 8.81. The third-order valence-corrected chi connectivity index (χ3v) is 6.14. The Hall–Kier alpha value is -5.72. The highest BCUT2D eigenvalue weighted by Gasteiger charge is 2.21. The normalized spacial score (nSPS) is 9.90. The summed E-state index contributed by atoms with van der Waals surface area (Å²) in [4.78, 5) is 25.9. The fourth-order valence-electron chi connectivity index (χ4n) is 4.27. The summed E-state index contributed by atoms with van der Waals surface area (Å²) in [5, 5.41) is 19.8. The minimum absolute atomic E-state index is 0.0794. The molecule has 0 atom stereocenters. The largest absolute Gasteiger partial charge is 0.461 e. The predicted molar refractivity (Wildman–Crippen MR) is 156 cm³/mol. The van der Waals surface area contributed by atoms with Crippen molar-refractivity contribution in [1.82, 2.24) is 0 Å². The van der Waals surface area contributed by atoms with Gasteiger partial charge in [-0.15, -0.1) is 0 Å². The van der Waals surface area contributed by atoms with E-state index in [1.807, 2.05) is 133 Å². The van der Waals surface area contributed by atoms with Crippen molar-refractivity contribution < 1.29 is 19.1 Å². The molecule has 0 fully saturated rings. The van der Waals surface area contributed by atoms with Gasteiger partial charge >= 0.3 is 11.9 Å². The van der Waals surface area contributed by atoms with Gasteiger partial charge in [-0.25, -0.2) is 9.59 Å². The molecule has 0 saturated carbocycles. The fraction of sp³-hybridized carbons (Fsp3) is 0.0857. The van der Waals surface area contributed by atoms with Gasteiger partial charge in [-0.3, -0.25) is 0 Å². The van der Waals surface area contributed by atoms with Crippen molar-refractivity contribution in [2.24, 2.45) is 0 Å². The van der Waals surface area contributed by atoms with Gasteiger partial charge in [-0.2, -0.15) is 10.5 Å². The molecule has 0 heterocycles. The van der Waals surface area contributed by atoms with Crippen molar-refractivity contribution in [3.8, 4) is 12.1 Å². The van der Waals surface area contributed by atoms with Crippen LogP contribution in [0.4, 0.5) is 0 Å². The average Bonchev–Trinajstić information content (AvgIpc) is 3.03. The molecule has 0 aliphatic rings. The molecule has 0 bridgehead atoms. The lowest BCUT2D eigenvalue weighted by molar-refractivity contribution is -0.140. The Morgan fingerprint density at radius 2 is 0.756 bits per heavy atom. The number of benzene rings is 4. The molecule has 0 amide bonds. The summed E-state index contributed by atoms with van der Waals surface area (Å²) < 4.78 is 10.8. The number of carbonyl (C=O) groups is 2. The molecule has 0 spiro atoms. The Labute approximate surface area is 239 Å². The third-order valence-electron chi connectivity index (χ3n) is 6.14. The Kier molecular flexibility index (Phi) is 9.96. The third kappa shape index (κ3) is 7.23. The van der Waals surface area contributed by atoms with Crippen LogP contribution in [0.2, 0.25) is 0 Å². The highest BCUT2D eigenvalue weighted by Crippen LogP contribution is 2.28. The molecular weight excluding hydrogens is 512 g/mol. The summed E-state index contributed by atoms with van der Waals surface area (Å²) in [5.41, 5.74) is 3.56. The van der Waals surface area contributed by atoms with Crippen molar-refractivity contribution in [2.45, 2.75) is 6.42 Å². The van der Waals surface area contributed by atoms with E-state index in [0.717, 1.165) is 0 Å². The van der Waals surface area contributed by atoms with Crippen molar-refractivity contribution in [3.05, 3.63) is 155 Å². The number of rotatable bonds is 10. The molecule has 0 aromatic heterocycles. The highest BCUT2D eigenvalue weighted by molar-refractivity contribution is 6.06. The van der Waals surface area contributed by atoms with Crippen LogP contribution in [0, 0.1) is 22.7 Å². The van der Waals surface area contributed by atoms with Gasteiger partial charge in [0.15, 0.2) is 0 Å². The van der Waals surface area contributed by atoms with Crippen LogP contribution in [0.1, 0.15) is 28.7 Å². The molecule has 0 unspecified atom stereocenters. The lowest BCUT2D eigenvalue weighted by atomic mass is 9.93. The summed E-state index contributed by atoms with van der Waals surface area (Å²) in [7, 11) is 0. The van der Waals surface area contributed by atoms with Crippen LogP contribution in [0.5, 0.6) is 0 Å². The number of hydrogen-bond acceptors (Lipinski definition) is 6. The second-order valence-corrected chi connectivity index (χ2v) is 8.81. The molecule has 0 saturated heterocycles. The number of nitrogens with zero attached hydrogens (tertiary/aromatic N) is 2. The van der Waals surface area contributed by atoms with E-state index in [-0.39, 0.29) is 30.8 Å². The van der Waals surface area contributed by atoms with E-state index in [0.29, 0.717) is 33.4 Å². The minimum Gasteiger partial charge on any atom is -0.461 e. The molecule has 0 aliphatic heterocycles. The first-order valence-corrected chi connectivity index (χ1v) is 13.0. The van der Waals surface area contributed by atoms with E-state index in [1.54, 1.807) is 0 Å². The van der Waals surface area contributed by atoms with Crippen molar-refractivity contribution in [3.63, 3.8) is 0 Å². The molecule has 200 valence electrons. The van der Waals surface area contributed by atoms with Gasteiger partial charge in [0.25, 0.3) is 0 Å². The minimum atomic E-state index is -0.769. The molecule has 41 heavy (non-hydrogen) atoms. The quantitative estimate of drug-likeness (QED) is 0.0987. The van der Waals surface area contributed by atoms with Gasteiger partial charge in [-0.1, -0.05) is 121 Å². The maximum Gasteiger partial charge on any atom is 0.349 e. The van der Waals surface area contributed by atoms with E-state index in [9.17, 15) is 20.1 Å². The number of esters is 2. The number of carbonyl (C=O) groups excluding carboxylic acids is 2. The van der Waals surface area contributed by atoms with Crippen LogP contribution in [0.3, 0.4) is 0 Å². The van der Waals surface area contributed by atoms with Gasteiger partial charge in [0.2, 0.25) is 0 Å². The Bertz CT molecular complexity index is 1420. The van der Waals surface area contributed by atoms with Gasteiger partial charge in [0, 0.05) is 17.6 Å². The second kappa shape index (κ2) is 14.4. The first-order chi connectivity index (χ1) is 20.1. The monoisotopic (exact) mass is 538 g/mol. The predicted octanol–water partition coefficient (Wildman–Crippen LogP) is 6.51. The summed E-state index contributed by atoms with van der Waals surface area (Å²) >= 11 is 0. The number of ether oxygens (including phenoxy) is 2. The van der Waals surface area contributed by atoms with Crippen molar-refractivity contribution in [1.29, 1.82) is 10.5 Å². The molecule has 0 aliphatic carbocycles. The zero-order chi connectivity index (χ0) is 28.9. The van der Waals surface area contributed by atoms with Gasteiger partial charge in [0.05, 0.1) is 13.2 Å². The van der Waals surface area contributed by atoms with Crippen LogP contribution in [0.25, 0.3) is 11.1 Å². The van der Waals surface area contributed by atoms with Gasteiger partial charge < -0.3 is 9.47 Å². The first kappa shape index (κ1) is 28.3. The smallest absolute Gasteiger partial charge is 0.349 e. The van der Waals surface area contributed by atoms with Crippen LogP contribution in [-0.4, -0.2) is 25.2 Å². The van der Waals surface area contributed by atoms with Crippen molar-refractivity contribution in [2.75, 3.05) is 13.2 Å². The molecule has 4 aromatic carbocycles. The summed E-state index contributed by atoms with van der Waals surface area (Å²) in [5.74, 6) is -1.54. The SMILES string of the molecule is N#CC(C(=O)OCCCOC(=O)C(C#N)=C(c1ccccc1)c1ccccc1)=C(c1ccccc1)c1ccccc1. The van der Waals surface area contributed by atoms with E-state index in [4.69, 9.17) is 9.47 Å².